The van der Waals surface area contributed by atoms with Gasteiger partial charge in [-0.05, 0) is 17.7 Å². The minimum Gasteiger partial charge on any atom is -0.491 e. The molecule has 0 atom stereocenters. The summed E-state index contributed by atoms with van der Waals surface area (Å²) in [5, 5.41) is 8.55. The summed E-state index contributed by atoms with van der Waals surface area (Å²) in [6, 6.07) is 7.74. The maximum Gasteiger partial charge on any atom is 0.119 e. The highest BCUT2D eigenvalue weighted by molar-refractivity contribution is 5.48. The number of hydrogen-bond acceptors (Lipinski definition) is 9. The average molecular weight is 473 g/mol. The van der Waals surface area contributed by atoms with Crippen LogP contribution in [0.1, 0.15) is 5.56 Å². The fourth-order valence-electron chi connectivity index (χ4n) is 2.40. The van der Waals surface area contributed by atoms with Crippen molar-refractivity contribution in [2.45, 2.75) is 0 Å². The van der Waals surface area contributed by atoms with Crippen LogP contribution in [-0.4, -0.2) is 111 Å². The second-order valence-electron chi connectivity index (χ2n) is 6.63. The second-order valence-corrected chi connectivity index (χ2v) is 6.63. The molecule has 9 nitrogen and oxygen atoms in total. The molecule has 0 amide bonds. The fourth-order valence-corrected chi connectivity index (χ4v) is 2.40. The number of aliphatic hydroxyl groups is 1. The van der Waals surface area contributed by atoms with Gasteiger partial charge in [0.15, 0.2) is 0 Å². The molecule has 0 radical (unpaired) electrons. The number of ether oxygens (including phenoxy) is 8. The molecule has 0 spiro atoms. The highest BCUT2D eigenvalue weighted by Crippen LogP contribution is 2.12. The first kappa shape index (κ1) is 29.5. The van der Waals surface area contributed by atoms with Gasteiger partial charge in [-0.1, -0.05) is 24.8 Å². The first-order valence-electron chi connectivity index (χ1n) is 11.4. The van der Waals surface area contributed by atoms with Crippen molar-refractivity contribution in [3.8, 4) is 5.75 Å². The SMILES string of the molecule is C=Cc1ccc(OCCOCCOCCOCCOCCOCCOCCOCCO)cc1. The molecule has 1 rings (SSSR count). The third-order valence-electron chi connectivity index (χ3n) is 4.08. The van der Waals surface area contributed by atoms with Crippen LogP contribution in [0.25, 0.3) is 6.08 Å². The summed E-state index contributed by atoms with van der Waals surface area (Å²) in [5.41, 5.74) is 1.06. The van der Waals surface area contributed by atoms with Crippen molar-refractivity contribution < 1.29 is 43.0 Å². The lowest BCUT2D eigenvalue weighted by atomic mass is 10.2. The van der Waals surface area contributed by atoms with Crippen LogP contribution < -0.4 is 4.74 Å². The minimum absolute atomic E-state index is 0.0300. The fraction of sp³-hybridized carbons (Fsp3) is 0.667. The van der Waals surface area contributed by atoms with Crippen LogP contribution in [0.3, 0.4) is 0 Å². The number of benzene rings is 1. The molecule has 0 aliphatic rings. The van der Waals surface area contributed by atoms with Gasteiger partial charge in [0.1, 0.15) is 12.4 Å². The molecular formula is C24H40O9. The van der Waals surface area contributed by atoms with Gasteiger partial charge in [-0.25, -0.2) is 0 Å². The summed E-state index contributed by atoms with van der Waals surface area (Å²) in [6.45, 7) is 11.2. The van der Waals surface area contributed by atoms with Gasteiger partial charge >= 0.3 is 0 Å². The Hall–Kier alpha value is -1.56. The van der Waals surface area contributed by atoms with Crippen LogP contribution in [0, 0.1) is 0 Å². The predicted molar refractivity (Wildman–Crippen MR) is 125 cm³/mol. The highest BCUT2D eigenvalue weighted by Gasteiger charge is 1.96. The Kier molecular flexibility index (Phi) is 21.1. The molecule has 0 bridgehead atoms. The monoisotopic (exact) mass is 472 g/mol. The molecule has 1 aromatic rings. The molecule has 9 heteroatoms. The van der Waals surface area contributed by atoms with Gasteiger partial charge in [-0.2, -0.15) is 0 Å². The minimum atomic E-state index is 0.0300. The van der Waals surface area contributed by atoms with Crippen molar-refractivity contribution in [2.75, 3.05) is 106 Å². The lowest BCUT2D eigenvalue weighted by Crippen LogP contribution is -2.15. The van der Waals surface area contributed by atoms with Gasteiger partial charge in [0.25, 0.3) is 0 Å². The molecule has 0 fully saturated rings. The summed E-state index contributed by atoms with van der Waals surface area (Å²) in [7, 11) is 0. The summed E-state index contributed by atoms with van der Waals surface area (Å²) in [6.07, 6.45) is 1.80. The largest absolute Gasteiger partial charge is 0.491 e. The van der Waals surface area contributed by atoms with Gasteiger partial charge in [0.2, 0.25) is 0 Å². The maximum absolute atomic E-state index is 8.55. The van der Waals surface area contributed by atoms with Gasteiger partial charge in [0, 0.05) is 0 Å². The zero-order valence-corrected chi connectivity index (χ0v) is 19.6. The Morgan fingerprint density at radius 2 is 0.848 bits per heavy atom. The highest BCUT2D eigenvalue weighted by atomic mass is 16.6. The molecule has 0 unspecified atom stereocenters. The molecule has 0 saturated carbocycles. The Morgan fingerprint density at radius 3 is 1.18 bits per heavy atom. The van der Waals surface area contributed by atoms with E-state index in [9.17, 15) is 0 Å². The molecule has 190 valence electrons. The molecular weight excluding hydrogens is 432 g/mol. The average Bonchev–Trinajstić information content (AvgIpc) is 2.85. The molecule has 33 heavy (non-hydrogen) atoms. The van der Waals surface area contributed by atoms with Gasteiger partial charge < -0.3 is 43.0 Å². The van der Waals surface area contributed by atoms with Gasteiger partial charge in [0.05, 0.1) is 99.1 Å². The quantitative estimate of drug-likeness (QED) is 0.214. The van der Waals surface area contributed by atoms with Crippen molar-refractivity contribution in [3.63, 3.8) is 0 Å². The molecule has 0 aromatic heterocycles. The third kappa shape index (κ3) is 19.6. The Balaban J connectivity index is 1.69. The molecule has 0 heterocycles. The number of rotatable bonds is 25. The molecule has 1 N–H and O–H groups in total. The summed E-state index contributed by atoms with van der Waals surface area (Å²) in [4.78, 5) is 0. The van der Waals surface area contributed by atoms with Crippen LogP contribution in [0.15, 0.2) is 30.8 Å². The lowest BCUT2D eigenvalue weighted by Gasteiger charge is -2.09. The molecule has 1 aromatic carbocycles. The van der Waals surface area contributed by atoms with Crippen molar-refractivity contribution in [2.24, 2.45) is 0 Å². The van der Waals surface area contributed by atoms with Crippen molar-refractivity contribution in [1.82, 2.24) is 0 Å². The van der Waals surface area contributed by atoms with Crippen LogP contribution in [0.2, 0.25) is 0 Å². The van der Waals surface area contributed by atoms with Crippen LogP contribution in [0.5, 0.6) is 5.75 Å². The van der Waals surface area contributed by atoms with Crippen LogP contribution >= 0.6 is 0 Å². The van der Waals surface area contributed by atoms with E-state index >= 15 is 0 Å². The van der Waals surface area contributed by atoms with E-state index < -0.39 is 0 Å². The topological polar surface area (TPSA) is 94.1 Å². The first-order chi connectivity index (χ1) is 16.4. The normalized spacial score (nSPS) is 11.1. The van der Waals surface area contributed by atoms with E-state index in [1.165, 1.54) is 0 Å². The van der Waals surface area contributed by atoms with E-state index in [1.807, 2.05) is 24.3 Å². The first-order valence-corrected chi connectivity index (χ1v) is 11.4. The van der Waals surface area contributed by atoms with E-state index in [0.717, 1.165) is 11.3 Å². The molecule has 0 aliphatic carbocycles. The summed E-state index contributed by atoms with van der Waals surface area (Å²) < 4.78 is 43.1. The van der Waals surface area contributed by atoms with Crippen molar-refractivity contribution in [1.29, 1.82) is 0 Å². The van der Waals surface area contributed by atoms with Crippen LogP contribution in [0.4, 0.5) is 0 Å². The van der Waals surface area contributed by atoms with Gasteiger partial charge in [-0.15, -0.1) is 0 Å². The Bertz CT molecular complexity index is 539. The predicted octanol–water partition coefficient (Wildman–Crippen LogP) is 1.82. The smallest absolute Gasteiger partial charge is 0.119 e. The van der Waals surface area contributed by atoms with E-state index in [0.29, 0.717) is 99.1 Å². The van der Waals surface area contributed by atoms with Crippen molar-refractivity contribution >= 4 is 6.08 Å². The van der Waals surface area contributed by atoms with Crippen LogP contribution in [-0.2, 0) is 33.2 Å². The van der Waals surface area contributed by atoms with E-state index in [-0.39, 0.29) is 6.61 Å². The van der Waals surface area contributed by atoms with E-state index in [1.54, 1.807) is 6.08 Å². The van der Waals surface area contributed by atoms with Gasteiger partial charge in [-0.3, -0.25) is 0 Å². The molecule has 0 aliphatic heterocycles. The van der Waals surface area contributed by atoms with Crippen molar-refractivity contribution in [3.05, 3.63) is 36.4 Å². The zero-order valence-electron chi connectivity index (χ0n) is 19.6. The summed E-state index contributed by atoms with van der Waals surface area (Å²) in [5.74, 6) is 0.816. The number of hydrogen-bond donors (Lipinski definition) is 1. The summed E-state index contributed by atoms with van der Waals surface area (Å²) >= 11 is 0. The second kappa shape index (κ2) is 23.6. The van der Waals surface area contributed by atoms with E-state index in [4.69, 9.17) is 43.0 Å². The van der Waals surface area contributed by atoms with E-state index in [2.05, 4.69) is 6.58 Å². The third-order valence-corrected chi connectivity index (χ3v) is 4.08. The Labute approximate surface area is 197 Å². The zero-order chi connectivity index (χ0) is 23.7. The molecule has 0 saturated heterocycles. The Morgan fingerprint density at radius 1 is 0.515 bits per heavy atom. The number of aliphatic hydroxyl groups excluding tert-OH is 1. The standard InChI is InChI=1S/C24H40O9/c1-2-23-3-5-24(6-4-23)33-22-21-32-20-19-31-18-17-30-16-15-29-14-13-28-12-11-27-10-9-26-8-7-25/h2-6,25H,1,7-22H2. The maximum atomic E-state index is 8.55. The lowest BCUT2D eigenvalue weighted by molar-refractivity contribution is -0.0221.